The number of nitrogens with two attached hydrogens (primary N) is 1. The summed E-state index contributed by atoms with van der Waals surface area (Å²) in [7, 11) is 0. The van der Waals surface area contributed by atoms with Crippen molar-refractivity contribution in [2.45, 2.75) is 13.3 Å². The molecule has 0 spiro atoms. The third-order valence-electron chi connectivity index (χ3n) is 2.83. The van der Waals surface area contributed by atoms with Crippen LogP contribution >= 0.6 is 12.2 Å². The molecule has 3 heteroatoms. The van der Waals surface area contributed by atoms with E-state index >= 15 is 0 Å². The van der Waals surface area contributed by atoms with Gasteiger partial charge in [0.25, 0.3) is 0 Å². The number of rotatable bonds is 4. The zero-order valence-electron chi connectivity index (χ0n) is 10.3. The summed E-state index contributed by atoms with van der Waals surface area (Å²) in [5, 5.41) is 3.34. The third-order valence-corrected chi connectivity index (χ3v) is 3.05. The minimum absolute atomic E-state index is 0.406. The smallest absolute Gasteiger partial charge is 0.106 e. The van der Waals surface area contributed by atoms with Gasteiger partial charge in [-0.15, -0.1) is 0 Å². The summed E-state index contributed by atoms with van der Waals surface area (Å²) < 4.78 is 0. The SMILES string of the molecule is CCc1ccc(Nc2ccccc2C(N)=S)cc1. The van der Waals surface area contributed by atoms with Crippen LogP contribution in [0.3, 0.4) is 0 Å². The summed E-state index contributed by atoms with van der Waals surface area (Å²) >= 11 is 5.04. The van der Waals surface area contributed by atoms with Crippen LogP contribution in [0.5, 0.6) is 0 Å². The van der Waals surface area contributed by atoms with Gasteiger partial charge in [0, 0.05) is 16.9 Å². The van der Waals surface area contributed by atoms with Crippen LogP contribution in [0.15, 0.2) is 48.5 Å². The van der Waals surface area contributed by atoms with Crippen molar-refractivity contribution in [1.82, 2.24) is 0 Å². The molecule has 0 fully saturated rings. The maximum Gasteiger partial charge on any atom is 0.106 e. The van der Waals surface area contributed by atoms with Crippen molar-refractivity contribution in [3.8, 4) is 0 Å². The molecule has 2 rings (SSSR count). The van der Waals surface area contributed by atoms with Crippen LogP contribution in [-0.4, -0.2) is 4.99 Å². The van der Waals surface area contributed by atoms with Crippen LogP contribution < -0.4 is 11.1 Å². The molecule has 2 aromatic carbocycles. The predicted octanol–water partition coefficient (Wildman–Crippen LogP) is 3.63. The second-order valence-corrected chi connectivity index (χ2v) is 4.53. The lowest BCUT2D eigenvalue weighted by Crippen LogP contribution is -2.11. The first-order chi connectivity index (χ1) is 8.70. The number of hydrogen-bond donors (Lipinski definition) is 2. The number of para-hydroxylation sites is 1. The zero-order valence-corrected chi connectivity index (χ0v) is 11.1. The molecule has 0 saturated carbocycles. The molecule has 0 aromatic heterocycles. The summed E-state index contributed by atoms with van der Waals surface area (Å²) in [5.41, 5.74) is 9.87. The van der Waals surface area contributed by atoms with E-state index in [0.29, 0.717) is 4.99 Å². The molecule has 0 aliphatic heterocycles. The number of anilines is 2. The van der Waals surface area contributed by atoms with E-state index in [9.17, 15) is 0 Å². The van der Waals surface area contributed by atoms with E-state index in [1.54, 1.807) is 0 Å². The van der Waals surface area contributed by atoms with Crippen LogP contribution in [0.25, 0.3) is 0 Å². The monoisotopic (exact) mass is 256 g/mol. The first-order valence-electron chi connectivity index (χ1n) is 5.95. The highest BCUT2D eigenvalue weighted by Gasteiger charge is 2.04. The van der Waals surface area contributed by atoms with E-state index in [2.05, 4.69) is 36.5 Å². The van der Waals surface area contributed by atoms with Crippen molar-refractivity contribution < 1.29 is 0 Å². The van der Waals surface area contributed by atoms with Gasteiger partial charge >= 0.3 is 0 Å². The molecule has 92 valence electrons. The molecule has 0 atom stereocenters. The highest BCUT2D eigenvalue weighted by atomic mass is 32.1. The van der Waals surface area contributed by atoms with Gasteiger partial charge in [-0.05, 0) is 36.2 Å². The Balaban J connectivity index is 2.25. The topological polar surface area (TPSA) is 38.0 Å². The predicted molar refractivity (Wildman–Crippen MR) is 81.4 cm³/mol. The Kier molecular flexibility index (Phi) is 3.95. The van der Waals surface area contributed by atoms with Gasteiger partial charge in [0.1, 0.15) is 4.99 Å². The minimum Gasteiger partial charge on any atom is -0.389 e. The van der Waals surface area contributed by atoms with Crippen molar-refractivity contribution in [3.05, 3.63) is 59.7 Å². The normalized spacial score (nSPS) is 10.1. The Hall–Kier alpha value is -1.87. The summed E-state index contributed by atoms with van der Waals surface area (Å²) in [6.07, 6.45) is 1.05. The molecule has 0 radical (unpaired) electrons. The fourth-order valence-corrected chi connectivity index (χ4v) is 1.96. The van der Waals surface area contributed by atoms with Crippen molar-refractivity contribution in [2.24, 2.45) is 5.73 Å². The molecular formula is C15H16N2S. The Morgan fingerprint density at radius 3 is 2.39 bits per heavy atom. The Bertz CT molecular complexity index is 547. The maximum absolute atomic E-state index is 5.71. The Labute approximate surface area is 113 Å². The molecule has 0 unspecified atom stereocenters. The fraction of sp³-hybridized carbons (Fsp3) is 0.133. The summed E-state index contributed by atoms with van der Waals surface area (Å²) in [5.74, 6) is 0. The first-order valence-corrected chi connectivity index (χ1v) is 6.36. The average Bonchev–Trinajstić information content (AvgIpc) is 2.40. The van der Waals surface area contributed by atoms with E-state index in [1.165, 1.54) is 5.56 Å². The van der Waals surface area contributed by atoms with E-state index in [0.717, 1.165) is 23.4 Å². The molecule has 0 heterocycles. The average molecular weight is 256 g/mol. The molecule has 3 N–H and O–H groups in total. The van der Waals surface area contributed by atoms with Crippen LogP contribution in [0.1, 0.15) is 18.1 Å². The summed E-state index contributed by atoms with van der Waals surface area (Å²) in [6, 6.07) is 16.2. The van der Waals surface area contributed by atoms with Crippen LogP contribution in [-0.2, 0) is 6.42 Å². The number of aryl methyl sites for hydroxylation is 1. The van der Waals surface area contributed by atoms with Crippen molar-refractivity contribution in [2.75, 3.05) is 5.32 Å². The summed E-state index contributed by atoms with van der Waals surface area (Å²) in [6.45, 7) is 2.14. The number of nitrogens with one attached hydrogen (secondary N) is 1. The van der Waals surface area contributed by atoms with E-state index in [1.807, 2.05) is 24.3 Å². The van der Waals surface area contributed by atoms with Gasteiger partial charge < -0.3 is 11.1 Å². The molecule has 2 aromatic rings. The van der Waals surface area contributed by atoms with Crippen LogP contribution in [0, 0.1) is 0 Å². The van der Waals surface area contributed by atoms with E-state index < -0.39 is 0 Å². The van der Waals surface area contributed by atoms with Gasteiger partial charge in [-0.25, -0.2) is 0 Å². The molecule has 0 aliphatic carbocycles. The van der Waals surface area contributed by atoms with Gasteiger partial charge in [-0.3, -0.25) is 0 Å². The molecule has 18 heavy (non-hydrogen) atoms. The molecule has 2 nitrogen and oxygen atoms in total. The highest BCUT2D eigenvalue weighted by molar-refractivity contribution is 7.80. The summed E-state index contributed by atoms with van der Waals surface area (Å²) in [4.78, 5) is 0.406. The fourth-order valence-electron chi connectivity index (χ4n) is 1.79. The largest absolute Gasteiger partial charge is 0.389 e. The number of hydrogen-bond acceptors (Lipinski definition) is 2. The lowest BCUT2D eigenvalue weighted by molar-refractivity contribution is 1.14. The molecule has 0 aliphatic rings. The lowest BCUT2D eigenvalue weighted by Gasteiger charge is -2.11. The number of benzene rings is 2. The molecular weight excluding hydrogens is 240 g/mol. The lowest BCUT2D eigenvalue weighted by atomic mass is 10.1. The quantitative estimate of drug-likeness (QED) is 0.820. The third kappa shape index (κ3) is 2.87. The van der Waals surface area contributed by atoms with Crippen LogP contribution in [0.4, 0.5) is 11.4 Å². The van der Waals surface area contributed by atoms with E-state index in [4.69, 9.17) is 18.0 Å². The van der Waals surface area contributed by atoms with Gasteiger partial charge in [0.05, 0.1) is 0 Å². The van der Waals surface area contributed by atoms with Crippen LogP contribution in [0.2, 0.25) is 0 Å². The molecule has 0 amide bonds. The van der Waals surface area contributed by atoms with Gasteiger partial charge in [-0.2, -0.15) is 0 Å². The van der Waals surface area contributed by atoms with Crippen molar-refractivity contribution >= 4 is 28.6 Å². The Morgan fingerprint density at radius 1 is 1.11 bits per heavy atom. The van der Waals surface area contributed by atoms with Crippen molar-refractivity contribution in [1.29, 1.82) is 0 Å². The first kappa shape index (κ1) is 12.6. The van der Waals surface area contributed by atoms with Gasteiger partial charge in [0.15, 0.2) is 0 Å². The zero-order chi connectivity index (χ0) is 13.0. The second-order valence-electron chi connectivity index (χ2n) is 4.09. The standard InChI is InChI=1S/C15H16N2S/c1-2-11-7-9-12(10-8-11)17-14-6-4-3-5-13(14)15(16)18/h3-10,17H,2H2,1H3,(H2,16,18). The minimum atomic E-state index is 0.406. The second kappa shape index (κ2) is 5.65. The maximum atomic E-state index is 5.71. The molecule has 0 bridgehead atoms. The van der Waals surface area contributed by atoms with E-state index in [-0.39, 0.29) is 0 Å². The molecule has 0 saturated heterocycles. The van der Waals surface area contributed by atoms with Gasteiger partial charge in [-0.1, -0.05) is 43.4 Å². The number of thiocarbonyl (C=S) groups is 1. The van der Waals surface area contributed by atoms with Crippen molar-refractivity contribution in [3.63, 3.8) is 0 Å². The van der Waals surface area contributed by atoms with Gasteiger partial charge in [0.2, 0.25) is 0 Å². The highest BCUT2D eigenvalue weighted by Crippen LogP contribution is 2.21. The Morgan fingerprint density at radius 2 is 1.78 bits per heavy atom.